The molecule has 2 aromatic heterocycles. The highest BCUT2D eigenvalue weighted by atomic mass is 19.1. The lowest BCUT2D eigenvalue weighted by atomic mass is 9.98. The second-order valence-corrected chi connectivity index (χ2v) is 6.33. The van der Waals surface area contributed by atoms with Crippen LogP contribution in [0.2, 0.25) is 0 Å². The fourth-order valence-electron chi connectivity index (χ4n) is 2.87. The monoisotopic (exact) mass is 305 g/mol. The molecule has 1 aliphatic rings. The summed E-state index contributed by atoms with van der Waals surface area (Å²) in [7, 11) is 0. The highest BCUT2D eigenvalue weighted by Crippen LogP contribution is 2.23. The number of carbonyl (C=O) groups is 1. The summed E-state index contributed by atoms with van der Waals surface area (Å²) in [5.74, 6) is -1.03. The zero-order chi connectivity index (χ0) is 15.9. The van der Waals surface area contributed by atoms with Crippen LogP contribution in [0.5, 0.6) is 0 Å². The Bertz CT molecular complexity index is 723. The molecule has 5 nitrogen and oxygen atoms in total. The van der Waals surface area contributed by atoms with E-state index < -0.39 is 17.5 Å². The van der Waals surface area contributed by atoms with Crippen molar-refractivity contribution in [2.75, 3.05) is 13.1 Å². The molecule has 0 bridgehead atoms. The van der Waals surface area contributed by atoms with E-state index in [-0.39, 0.29) is 5.69 Å². The van der Waals surface area contributed by atoms with Gasteiger partial charge < -0.3 is 10.0 Å². The van der Waals surface area contributed by atoms with Gasteiger partial charge in [0.2, 0.25) is 5.95 Å². The molecule has 6 heteroatoms. The molecule has 0 aliphatic carbocycles. The summed E-state index contributed by atoms with van der Waals surface area (Å²) in [6.45, 7) is 4.56. The predicted molar refractivity (Wildman–Crippen MR) is 80.3 cm³/mol. The minimum atomic E-state index is -0.760. The lowest BCUT2D eigenvalue weighted by Gasteiger charge is -2.22. The van der Waals surface area contributed by atoms with Crippen molar-refractivity contribution in [3.8, 4) is 0 Å². The van der Waals surface area contributed by atoms with Gasteiger partial charge >= 0.3 is 0 Å². The first-order chi connectivity index (χ1) is 10.4. The summed E-state index contributed by atoms with van der Waals surface area (Å²) in [5.41, 5.74) is 0.415. The maximum Gasteiger partial charge on any atom is 0.277 e. The SMILES string of the molecule is Cc1ccc2nc(C(=O)N3CCCC(C)(O)CC3)c(F)n2c1. The molecule has 3 heterocycles. The minimum absolute atomic E-state index is 0.146. The quantitative estimate of drug-likeness (QED) is 0.878. The van der Waals surface area contributed by atoms with Crippen LogP contribution in [0, 0.1) is 12.9 Å². The lowest BCUT2D eigenvalue weighted by molar-refractivity contribution is 0.0437. The number of hydrogen-bond donors (Lipinski definition) is 1. The van der Waals surface area contributed by atoms with E-state index in [1.165, 1.54) is 4.40 Å². The molecule has 0 spiro atoms. The van der Waals surface area contributed by atoms with E-state index in [4.69, 9.17) is 0 Å². The zero-order valence-corrected chi connectivity index (χ0v) is 12.8. The van der Waals surface area contributed by atoms with Crippen molar-refractivity contribution in [2.45, 2.75) is 38.7 Å². The van der Waals surface area contributed by atoms with Gasteiger partial charge in [0.25, 0.3) is 5.91 Å². The molecular formula is C16H20FN3O2. The molecule has 0 aromatic carbocycles. The second-order valence-electron chi connectivity index (χ2n) is 6.33. The van der Waals surface area contributed by atoms with E-state index in [0.29, 0.717) is 38.0 Å². The van der Waals surface area contributed by atoms with Gasteiger partial charge in [0.15, 0.2) is 5.69 Å². The Balaban J connectivity index is 1.90. The maximum atomic E-state index is 14.5. The number of hydrogen-bond acceptors (Lipinski definition) is 3. The molecule has 1 atom stereocenters. The first-order valence-electron chi connectivity index (χ1n) is 7.53. The number of aromatic nitrogens is 2. The molecule has 1 unspecified atom stereocenters. The third-order valence-corrected chi connectivity index (χ3v) is 4.26. The first-order valence-corrected chi connectivity index (χ1v) is 7.53. The van der Waals surface area contributed by atoms with Gasteiger partial charge in [0.1, 0.15) is 5.65 Å². The Morgan fingerprint density at radius 2 is 2.14 bits per heavy atom. The van der Waals surface area contributed by atoms with Crippen molar-refractivity contribution in [2.24, 2.45) is 0 Å². The summed E-state index contributed by atoms with van der Waals surface area (Å²) in [4.78, 5) is 18.3. The molecular weight excluding hydrogens is 285 g/mol. The van der Waals surface area contributed by atoms with Crippen LogP contribution < -0.4 is 0 Å². The van der Waals surface area contributed by atoms with Crippen LogP contribution in [-0.2, 0) is 0 Å². The number of likely N-dealkylation sites (tertiary alicyclic amines) is 1. The average molecular weight is 305 g/mol. The molecule has 1 N–H and O–H groups in total. The number of fused-ring (bicyclic) bond motifs is 1. The smallest absolute Gasteiger partial charge is 0.277 e. The number of carbonyl (C=O) groups excluding carboxylic acids is 1. The molecule has 2 aromatic rings. The minimum Gasteiger partial charge on any atom is -0.390 e. The molecule has 1 aliphatic heterocycles. The first kappa shape index (κ1) is 15.0. The van der Waals surface area contributed by atoms with Gasteiger partial charge in [-0.3, -0.25) is 9.20 Å². The van der Waals surface area contributed by atoms with Crippen molar-refractivity contribution < 1.29 is 14.3 Å². The number of imidazole rings is 1. The summed E-state index contributed by atoms with van der Waals surface area (Å²) in [6.07, 6.45) is 3.46. The Labute approximate surface area is 128 Å². The van der Waals surface area contributed by atoms with Gasteiger partial charge in [0, 0.05) is 19.3 Å². The van der Waals surface area contributed by atoms with Crippen LogP contribution in [0.1, 0.15) is 42.2 Å². The van der Waals surface area contributed by atoms with E-state index in [1.54, 1.807) is 24.1 Å². The molecule has 1 saturated heterocycles. The number of nitrogens with zero attached hydrogens (tertiary/aromatic N) is 3. The summed E-state index contributed by atoms with van der Waals surface area (Å²) < 4.78 is 15.8. The second kappa shape index (κ2) is 5.35. The van der Waals surface area contributed by atoms with E-state index in [1.807, 2.05) is 13.0 Å². The summed E-state index contributed by atoms with van der Waals surface area (Å²) in [6, 6.07) is 3.53. The van der Waals surface area contributed by atoms with E-state index in [2.05, 4.69) is 4.98 Å². The zero-order valence-electron chi connectivity index (χ0n) is 12.8. The maximum absolute atomic E-state index is 14.5. The number of aliphatic hydroxyl groups is 1. The van der Waals surface area contributed by atoms with Crippen LogP contribution in [-0.4, -0.2) is 44.0 Å². The van der Waals surface area contributed by atoms with E-state index >= 15 is 0 Å². The van der Waals surface area contributed by atoms with Crippen LogP contribution in [0.15, 0.2) is 18.3 Å². The molecule has 0 saturated carbocycles. The number of amides is 1. The molecule has 22 heavy (non-hydrogen) atoms. The van der Waals surface area contributed by atoms with E-state index in [9.17, 15) is 14.3 Å². The fourth-order valence-corrected chi connectivity index (χ4v) is 2.87. The third kappa shape index (κ3) is 2.70. The molecule has 1 amide bonds. The van der Waals surface area contributed by atoms with Crippen LogP contribution in [0.4, 0.5) is 4.39 Å². The van der Waals surface area contributed by atoms with Gasteiger partial charge in [0.05, 0.1) is 5.60 Å². The highest BCUT2D eigenvalue weighted by Gasteiger charge is 2.30. The van der Waals surface area contributed by atoms with Crippen LogP contribution >= 0.6 is 0 Å². The van der Waals surface area contributed by atoms with Crippen molar-refractivity contribution in [1.82, 2.24) is 14.3 Å². The van der Waals surface area contributed by atoms with Crippen LogP contribution in [0.3, 0.4) is 0 Å². The number of rotatable bonds is 1. The van der Waals surface area contributed by atoms with Gasteiger partial charge in [-0.25, -0.2) is 4.98 Å². The molecule has 3 rings (SSSR count). The Hall–Kier alpha value is -1.95. The Morgan fingerprint density at radius 1 is 1.36 bits per heavy atom. The Morgan fingerprint density at radius 3 is 2.91 bits per heavy atom. The summed E-state index contributed by atoms with van der Waals surface area (Å²) in [5, 5.41) is 10.1. The lowest BCUT2D eigenvalue weighted by Crippen LogP contribution is -2.34. The molecule has 1 fully saturated rings. The normalized spacial score (nSPS) is 22.8. The molecule has 0 radical (unpaired) electrons. The van der Waals surface area contributed by atoms with Gasteiger partial charge in [-0.05, 0) is 44.7 Å². The topological polar surface area (TPSA) is 57.8 Å². The highest BCUT2D eigenvalue weighted by molar-refractivity contribution is 5.93. The number of halogens is 1. The van der Waals surface area contributed by atoms with Crippen molar-refractivity contribution >= 4 is 11.6 Å². The van der Waals surface area contributed by atoms with Gasteiger partial charge in [-0.2, -0.15) is 4.39 Å². The number of pyridine rings is 1. The van der Waals surface area contributed by atoms with Crippen LogP contribution in [0.25, 0.3) is 5.65 Å². The van der Waals surface area contributed by atoms with Crippen molar-refractivity contribution in [1.29, 1.82) is 0 Å². The largest absolute Gasteiger partial charge is 0.390 e. The average Bonchev–Trinajstić information content (AvgIpc) is 2.66. The standard InChI is InChI=1S/C16H20FN3O2/c1-11-4-5-12-18-13(14(17)20(12)10-11)15(21)19-8-3-6-16(2,22)7-9-19/h4-5,10,22H,3,6-9H2,1-2H3. The predicted octanol–water partition coefficient (Wildman–Crippen LogP) is 2.16. The van der Waals surface area contributed by atoms with Gasteiger partial charge in [-0.1, -0.05) is 6.07 Å². The molecule has 118 valence electrons. The van der Waals surface area contributed by atoms with E-state index in [0.717, 1.165) is 5.56 Å². The number of aryl methyl sites for hydroxylation is 1. The van der Waals surface area contributed by atoms with Crippen molar-refractivity contribution in [3.63, 3.8) is 0 Å². The van der Waals surface area contributed by atoms with Gasteiger partial charge in [-0.15, -0.1) is 0 Å². The fraction of sp³-hybridized carbons (Fsp3) is 0.500. The summed E-state index contributed by atoms with van der Waals surface area (Å²) >= 11 is 0. The Kier molecular flexibility index (Phi) is 3.64. The van der Waals surface area contributed by atoms with Crippen molar-refractivity contribution in [3.05, 3.63) is 35.5 Å². The third-order valence-electron chi connectivity index (χ3n) is 4.26.